The van der Waals surface area contributed by atoms with Crippen molar-refractivity contribution in [1.29, 1.82) is 0 Å². The normalized spacial score (nSPS) is 32.7. The summed E-state index contributed by atoms with van der Waals surface area (Å²) in [5.74, 6) is -1.08. The van der Waals surface area contributed by atoms with Crippen molar-refractivity contribution in [1.82, 2.24) is 0 Å². The van der Waals surface area contributed by atoms with Crippen LogP contribution in [0, 0.1) is 5.92 Å². The van der Waals surface area contributed by atoms with E-state index in [2.05, 4.69) is 0 Å². The number of carbonyl (C=O) groups excluding carboxylic acids is 1. The predicted molar refractivity (Wildman–Crippen MR) is 113 cm³/mol. The smallest absolute Gasteiger partial charge is 0.302 e. The van der Waals surface area contributed by atoms with Crippen molar-refractivity contribution in [2.24, 2.45) is 5.92 Å². The first-order valence-electron chi connectivity index (χ1n) is 11.2. The van der Waals surface area contributed by atoms with Gasteiger partial charge in [0.1, 0.15) is 6.10 Å². The van der Waals surface area contributed by atoms with Crippen LogP contribution in [0.1, 0.15) is 64.9 Å². The highest BCUT2D eigenvalue weighted by molar-refractivity contribution is 5.66. The SMILES string of the molecule is CC[C@@H](O)C[C@H]1CCC[C@@]2(C[C@H](OC(C)=O)[C@H](C)[C@H](COCc3ccccc3)O2)O1. The van der Waals surface area contributed by atoms with Gasteiger partial charge in [-0.05, 0) is 31.2 Å². The molecular formula is C24H36O6. The van der Waals surface area contributed by atoms with Gasteiger partial charge in [-0.1, -0.05) is 44.2 Å². The summed E-state index contributed by atoms with van der Waals surface area (Å²) in [5, 5.41) is 10.1. The molecule has 1 spiro atoms. The number of benzene rings is 1. The molecule has 6 heteroatoms. The monoisotopic (exact) mass is 420 g/mol. The highest BCUT2D eigenvalue weighted by Crippen LogP contribution is 2.43. The van der Waals surface area contributed by atoms with E-state index in [1.165, 1.54) is 6.92 Å². The van der Waals surface area contributed by atoms with E-state index in [0.29, 0.717) is 32.5 Å². The summed E-state index contributed by atoms with van der Waals surface area (Å²) in [4.78, 5) is 11.7. The first-order chi connectivity index (χ1) is 14.4. The molecule has 2 aliphatic heterocycles. The van der Waals surface area contributed by atoms with Crippen molar-refractivity contribution in [3.8, 4) is 0 Å². The van der Waals surface area contributed by atoms with E-state index in [1.807, 2.05) is 44.2 Å². The minimum atomic E-state index is -0.788. The van der Waals surface area contributed by atoms with Crippen LogP contribution in [0.2, 0.25) is 0 Å². The molecule has 30 heavy (non-hydrogen) atoms. The highest BCUT2D eigenvalue weighted by atomic mass is 16.7. The Morgan fingerprint density at radius 2 is 2.07 bits per heavy atom. The quantitative estimate of drug-likeness (QED) is 0.641. The number of aliphatic hydroxyl groups is 1. The first-order valence-corrected chi connectivity index (χ1v) is 11.2. The number of esters is 1. The molecule has 0 bridgehead atoms. The van der Waals surface area contributed by atoms with Crippen molar-refractivity contribution in [3.63, 3.8) is 0 Å². The Labute approximate surface area is 179 Å². The zero-order valence-corrected chi connectivity index (χ0v) is 18.4. The zero-order valence-electron chi connectivity index (χ0n) is 18.4. The minimum Gasteiger partial charge on any atom is -0.462 e. The molecule has 0 aliphatic carbocycles. The second-order valence-corrected chi connectivity index (χ2v) is 8.71. The second-order valence-electron chi connectivity index (χ2n) is 8.71. The summed E-state index contributed by atoms with van der Waals surface area (Å²) in [6.07, 6.45) is 3.50. The van der Waals surface area contributed by atoms with Crippen molar-refractivity contribution < 1.29 is 28.8 Å². The summed E-state index contributed by atoms with van der Waals surface area (Å²) < 4.78 is 24.5. The van der Waals surface area contributed by atoms with E-state index >= 15 is 0 Å². The topological polar surface area (TPSA) is 74.2 Å². The summed E-state index contributed by atoms with van der Waals surface area (Å²) in [6, 6.07) is 10.0. The standard InChI is InChI=1S/C24H36O6/c1-4-20(26)13-21-11-8-12-24(29-21)14-22(28-18(3)25)17(2)23(30-24)16-27-15-19-9-6-5-7-10-19/h5-7,9-10,17,20-23,26H,4,8,11-16H2,1-3H3/t17-,20+,21+,22-,23-,24+/m0/s1. The number of hydrogen-bond donors (Lipinski definition) is 1. The van der Waals surface area contributed by atoms with Gasteiger partial charge < -0.3 is 24.1 Å². The largest absolute Gasteiger partial charge is 0.462 e. The Balaban J connectivity index is 1.67. The number of carbonyl (C=O) groups is 1. The fourth-order valence-electron chi connectivity index (χ4n) is 4.47. The molecule has 0 amide bonds. The van der Waals surface area contributed by atoms with E-state index in [-0.39, 0.29) is 36.3 Å². The maximum atomic E-state index is 11.7. The fourth-order valence-corrected chi connectivity index (χ4v) is 4.47. The van der Waals surface area contributed by atoms with E-state index in [1.54, 1.807) is 0 Å². The van der Waals surface area contributed by atoms with E-state index in [9.17, 15) is 9.90 Å². The van der Waals surface area contributed by atoms with Gasteiger partial charge in [0.25, 0.3) is 0 Å². The van der Waals surface area contributed by atoms with Gasteiger partial charge in [0.05, 0.1) is 31.5 Å². The van der Waals surface area contributed by atoms with E-state index in [0.717, 1.165) is 24.8 Å². The third kappa shape index (κ3) is 6.27. The molecule has 0 unspecified atom stereocenters. The van der Waals surface area contributed by atoms with Gasteiger partial charge in [-0.3, -0.25) is 4.79 Å². The van der Waals surface area contributed by atoms with Gasteiger partial charge in [0.15, 0.2) is 5.79 Å². The fraction of sp³-hybridized carbons (Fsp3) is 0.708. The van der Waals surface area contributed by atoms with Gasteiger partial charge in [0.2, 0.25) is 0 Å². The molecule has 6 atom stereocenters. The van der Waals surface area contributed by atoms with Crippen LogP contribution < -0.4 is 0 Å². The number of ether oxygens (including phenoxy) is 4. The minimum absolute atomic E-state index is 0.000469. The molecule has 2 saturated heterocycles. The van der Waals surface area contributed by atoms with Crippen LogP contribution in [0.3, 0.4) is 0 Å². The molecule has 168 valence electrons. The van der Waals surface area contributed by atoms with Crippen LogP contribution in [0.5, 0.6) is 0 Å². The molecule has 2 heterocycles. The Morgan fingerprint density at radius 3 is 2.77 bits per heavy atom. The molecular weight excluding hydrogens is 384 g/mol. The lowest BCUT2D eigenvalue weighted by molar-refractivity contribution is -0.344. The lowest BCUT2D eigenvalue weighted by Crippen LogP contribution is -2.57. The van der Waals surface area contributed by atoms with Crippen LogP contribution in [0.25, 0.3) is 0 Å². The van der Waals surface area contributed by atoms with Crippen molar-refractivity contribution in [2.75, 3.05) is 6.61 Å². The van der Waals surface area contributed by atoms with E-state index < -0.39 is 5.79 Å². The summed E-state index contributed by atoms with van der Waals surface area (Å²) in [5.41, 5.74) is 1.11. The zero-order chi connectivity index (χ0) is 21.6. The Kier molecular flexibility index (Phi) is 8.28. The average molecular weight is 421 g/mol. The lowest BCUT2D eigenvalue weighted by Gasteiger charge is -2.50. The van der Waals surface area contributed by atoms with Gasteiger partial charge in [-0.15, -0.1) is 0 Å². The summed E-state index contributed by atoms with van der Waals surface area (Å²) in [6.45, 7) is 6.36. The molecule has 2 aliphatic rings. The number of rotatable bonds is 8. The molecule has 1 N–H and O–H groups in total. The van der Waals surface area contributed by atoms with Crippen molar-refractivity contribution in [2.45, 2.75) is 96.1 Å². The third-order valence-corrected chi connectivity index (χ3v) is 6.23. The van der Waals surface area contributed by atoms with Crippen molar-refractivity contribution >= 4 is 5.97 Å². The molecule has 0 aromatic heterocycles. The Morgan fingerprint density at radius 1 is 1.30 bits per heavy atom. The first kappa shape index (κ1) is 23.2. The van der Waals surface area contributed by atoms with Crippen LogP contribution in [0.15, 0.2) is 30.3 Å². The van der Waals surface area contributed by atoms with Gasteiger partial charge in [-0.2, -0.15) is 0 Å². The number of aliphatic hydroxyl groups excluding tert-OH is 1. The van der Waals surface area contributed by atoms with Crippen molar-refractivity contribution in [3.05, 3.63) is 35.9 Å². The van der Waals surface area contributed by atoms with E-state index in [4.69, 9.17) is 18.9 Å². The van der Waals surface area contributed by atoms with Gasteiger partial charge in [0, 0.05) is 25.7 Å². The van der Waals surface area contributed by atoms with Crippen LogP contribution in [0.4, 0.5) is 0 Å². The molecule has 1 aromatic rings. The maximum Gasteiger partial charge on any atom is 0.302 e. The Hall–Kier alpha value is -1.47. The van der Waals surface area contributed by atoms with Crippen LogP contribution >= 0.6 is 0 Å². The molecule has 3 rings (SSSR count). The average Bonchev–Trinajstić information content (AvgIpc) is 2.72. The lowest BCUT2D eigenvalue weighted by atomic mass is 9.84. The highest BCUT2D eigenvalue weighted by Gasteiger charge is 2.50. The van der Waals surface area contributed by atoms with Gasteiger partial charge >= 0.3 is 5.97 Å². The Bertz CT molecular complexity index is 665. The molecule has 1 aromatic carbocycles. The summed E-state index contributed by atoms with van der Waals surface area (Å²) in [7, 11) is 0. The summed E-state index contributed by atoms with van der Waals surface area (Å²) >= 11 is 0. The predicted octanol–water partition coefficient (Wildman–Crippen LogP) is 3.99. The van der Waals surface area contributed by atoms with Gasteiger partial charge in [-0.25, -0.2) is 0 Å². The third-order valence-electron chi connectivity index (χ3n) is 6.23. The molecule has 0 radical (unpaired) electrons. The molecule has 6 nitrogen and oxygen atoms in total. The maximum absolute atomic E-state index is 11.7. The second kappa shape index (κ2) is 10.7. The van der Waals surface area contributed by atoms with Crippen LogP contribution in [-0.2, 0) is 30.3 Å². The van der Waals surface area contributed by atoms with Crippen LogP contribution in [-0.4, -0.2) is 47.9 Å². The molecule has 0 saturated carbocycles. The number of hydrogen-bond acceptors (Lipinski definition) is 6. The molecule has 2 fully saturated rings.